The highest BCUT2D eigenvalue weighted by molar-refractivity contribution is 7.59. The number of benzene rings is 12. The molecule has 0 bridgehead atoms. The van der Waals surface area contributed by atoms with Gasteiger partial charge in [0.15, 0.2) is 0 Å². The lowest BCUT2D eigenvalue weighted by Gasteiger charge is -2.19. The Labute approximate surface area is 648 Å². The second kappa shape index (κ2) is 33.2. The van der Waals surface area contributed by atoms with E-state index in [-0.39, 0.29) is 0 Å². The van der Waals surface area contributed by atoms with E-state index in [1.807, 2.05) is 171 Å². The number of methoxy groups -OCH3 is 2. The first-order chi connectivity index (χ1) is 54.0. The van der Waals surface area contributed by atoms with Gasteiger partial charge in [0.2, 0.25) is 53.1 Å². The monoisotopic (exact) mass is 1590 g/mol. The zero-order valence-electron chi connectivity index (χ0n) is 62.1. The predicted octanol–water partition coefficient (Wildman–Crippen LogP) is 21.0. The van der Waals surface area contributed by atoms with Crippen LogP contribution in [0.5, 0.6) is 11.5 Å². The maximum atomic E-state index is 13.1. The Hall–Kier alpha value is -11.9. The van der Waals surface area contributed by atoms with Crippen LogP contribution >= 0.6 is 29.5 Å². The lowest BCUT2D eigenvalue weighted by atomic mass is 10.1. The molecule has 0 fully saturated rings. The molecule has 16 aromatic rings. The van der Waals surface area contributed by atoms with E-state index in [0.717, 1.165) is 48.7 Å². The second-order valence-electron chi connectivity index (χ2n) is 27.6. The van der Waals surface area contributed by atoms with Crippen molar-refractivity contribution in [3.05, 3.63) is 302 Å². The van der Waals surface area contributed by atoms with Crippen LogP contribution in [0.4, 0.5) is 22.7 Å². The van der Waals surface area contributed by atoms with Crippen molar-refractivity contribution in [2.24, 2.45) is 0 Å². The maximum Gasteiger partial charge on any atom is 0.241 e. The van der Waals surface area contributed by atoms with Gasteiger partial charge in [0.05, 0.1) is 39.3 Å². The van der Waals surface area contributed by atoms with E-state index in [1.54, 1.807) is 92.0 Å². The summed E-state index contributed by atoms with van der Waals surface area (Å²) in [5, 5.41) is 21.7. The number of ether oxygens (including phenoxy) is 2. The summed E-state index contributed by atoms with van der Waals surface area (Å²) in [7, 11) is -12.2. The van der Waals surface area contributed by atoms with Crippen molar-refractivity contribution >= 4 is 163 Å². The number of fused-ring (bicyclic) bond motifs is 8. The van der Waals surface area contributed by atoms with Crippen LogP contribution in [0.2, 0.25) is 0 Å². The average molecular weight is 1590 g/mol. The van der Waals surface area contributed by atoms with E-state index in [2.05, 4.69) is 21.3 Å². The highest BCUT2D eigenvalue weighted by Gasteiger charge is 2.41. The molecule has 26 heteroatoms. The number of hydrogen-bond acceptors (Lipinski definition) is 14. The summed E-state index contributed by atoms with van der Waals surface area (Å²) >= 11 is 0. The van der Waals surface area contributed by atoms with E-state index in [0.29, 0.717) is 100 Å². The summed E-state index contributed by atoms with van der Waals surface area (Å²) in [4.78, 5) is 93.5. The van der Waals surface area contributed by atoms with E-state index < -0.39 is 75.7 Å². The molecule has 0 aliphatic heterocycles. The zero-order valence-corrected chi connectivity index (χ0v) is 65.7. The van der Waals surface area contributed by atoms with E-state index in [9.17, 15) is 57.0 Å². The summed E-state index contributed by atoms with van der Waals surface area (Å²) < 4.78 is 83.0. The first kappa shape index (κ1) is 79.2. The molecule has 22 nitrogen and oxygen atoms in total. The van der Waals surface area contributed by atoms with E-state index in [1.165, 1.54) is 58.8 Å². The van der Waals surface area contributed by atoms with Gasteiger partial charge >= 0.3 is 0 Å². The van der Waals surface area contributed by atoms with Crippen LogP contribution in [0.3, 0.4) is 0 Å². The Morgan fingerprint density at radius 3 is 0.929 bits per heavy atom. The topological polar surface area (TPSA) is 337 Å². The molecule has 0 saturated carbocycles. The number of anilines is 4. The van der Waals surface area contributed by atoms with Crippen molar-refractivity contribution in [1.29, 1.82) is 0 Å². The number of amides is 4. The SMILES string of the molecule is COc1ccc2c(C(C(=O)Nc3ccc4ccccc4c3)P(C)(=O)O)coc2c1.COc1ccc2occ(C(C(=O)Nc3ccc4ccccc4c3)P(C)(=O)O)c2c1.CP(=O)(O)C(C(=O)Nc1ccc2ccccc2c1)c1coc2ccccc12.Cc1ccc2occ(C(C(=O)Nc3ccc4ccccc4c3)P(C)(=O)O)c2c1. The van der Waals surface area contributed by atoms with Crippen molar-refractivity contribution in [3.8, 4) is 11.5 Å². The normalized spacial score (nSPS) is 14.6. The van der Waals surface area contributed by atoms with Crippen LogP contribution in [0.1, 0.15) is 50.5 Å². The Bertz CT molecular complexity index is 6500. The fourth-order valence-corrected chi connectivity index (χ4v) is 18.6. The smallest absolute Gasteiger partial charge is 0.241 e. The molecule has 574 valence electrons. The highest BCUT2D eigenvalue weighted by Crippen LogP contribution is 2.58. The molecule has 4 aromatic heterocycles. The molecule has 4 heterocycles. The molecule has 16 rings (SSSR count). The molecule has 0 aliphatic rings. The third-order valence-electron chi connectivity index (χ3n) is 19.0. The molecule has 0 aliphatic carbocycles. The molecular formula is C87H78N4O18P4. The van der Waals surface area contributed by atoms with Gasteiger partial charge in [0, 0.05) is 99.3 Å². The minimum atomic E-state index is -3.85. The lowest BCUT2D eigenvalue weighted by molar-refractivity contribution is -0.117. The van der Waals surface area contributed by atoms with Crippen molar-refractivity contribution < 1.29 is 84.2 Å². The van der Waals surface area contributed by atoms with Crippen LogP contribution < -0.4 is 30.7 Å². The van der Waals surface area contributed by atoms with Gasteiger partial charge in [0.1, 0.15) is 56.5 Å². The van der Waals surface area contributed by atoms with Crippen molar-refractivity contribution in [2.75, 3.05) is 62.1 Å². The quantitative estimate of drug-likeness (QED) is 0.0370. The minimum Gasteiger partial charge on any atom is -0.497 e. The fraction of sp³-hybridized carbons (Fsp3) is 0.126. The Morgan fingerprint density at radius 2 is 0.575 bits per heavy atom. The van der Waals surface area contributed by atoms with Crippen LogP contribution in [0.25, 0.3) is 87.0 Å². The third-order valence-corrected chi connectivity index (χ3v) is 24.9. The predicted molar refractivity (Wildman–Crippen MR) is 447 cm³/mol. The molecule has 12 aromatic carbocycles. The van der Waals surface area contributed by atoms with Gasteiger partial charge in [0.25, 0.3) is 0 Å². The Balaban J connectivity index is 0.000000132. The number of rotatable bonds is 18. The number of carbonyl (C=O) groups is 4. The Kier molecular flexibility index (Phi) is 23.2. The Morgan fingerprint density at radius 1 is 0.301 bits per heavy atom. The highest BCUT2D eigenvalue weighted by atomic mass is 31.2. The molecule has 8 unspecified atom stereocenters. The van der Waals surface area contributed by atoms with Gasteiger partial charge in [-0.3, -0.25) is 37.4 Å². The van der Waals surface area contributed by atoms with Gasteiger partial charge in [-0.05, 0) is 147 Å². The van der Waals surface area contributed by atoms with Crippen LogP contribution in [-0.4, -0.2) is 84.1 Å². The summed E-state index contributed by atoms with van der Waals surface area (Å²) in [6, 6.07) is 76.1. The molecular weight excluding hydrogens is 1510 g/mol. The van der Waals surface area contributed by atoms with E-state index >= 15 is 0 Å². The zero-order chi connectivity index (χ0) is 80.1. The average Bonchev–Trinajstić information content (AvgIpc) is 1.68. The van der Waals surface area contributed by atoms with Crippen LogP contribution in [0.15, 0.2) is 291 Å². The molecule has 113 heavy (non-hydrogen) atoms. The van der Waals surface area contributed by atoms with Crippen LogP contribution in [0, 0.1) is 6.92 Å². The molecule has 0 saturated heterocycles. The maximum absolute atomic E-state index is 13.1. The second-order valence-corrected chi connectivity index (χ2v) is 37.2. The summed E-state index contributed by atoms with van der Waals surface area (Å²) in [5.74, 6) is -1.04. The van der Waals surface area contributed by atoms with Gasteiger partial charge < -0.3 is 68.0 Å². The van der Waals surface area contributed by atoms with Gasteiger partial charge in [-0.2, -0.15) is 0 Å². The van der Waals surface area contributed by atoms with Crippen molar-refractivity contribution in [3.63, 3.8) is 0 Å². The largest absolute Gasteiger partial charge is 0.497 e. The lowest BCUT2D eigenvalue weighted by Crippen LogP contribution is -2.21. The summed E-state index contributed by atoms with van der Waals surface area (Å²) in [5.41, 5.74) is 1.97. The molecule has 4 amide bonds. The first-order valence-corrected chi connectivity index (χ1v) is 44.1. The number of hydrogen-bond donors (Lipinski definition) is 8. The van der Waals surface area contributed by atoms with Crippen molar-refractivity contribution in [1.82, 2.24) is 0 Å². The number of aryl methyl sites for hydroxylation is 1. The number of nitrogens with one attached hydrogen (secondary N) is 4. The number of para-hydroxylation sites is 1. The van der Waals surface area contributed by atoms with Crippen LogP contribution in [-0.2, 0) is 37.4 Å². The summed E-state index contributed by atoms with van der Waals surface area (Å²) in [6.45, 7) is 6.67. The molecule has 0 radical (unpaired) electrons. The van der Waals surface area contributed by atoms with Gasteiger partial charge in [-0.15, -0.1) is 0 Å². The first-order valence-electron chi connectivity index (χ1n) is 35.4. The fourth-order valence-electron chi connectivity index (χ4n) is 13.7. The molecule has 8 N–H and O–H groups in total. The number of furan rings is 4. The minimum absolute atomic E-state index is 0.352. The van der Waals surface area contributed by atoms with Gasteiger partial charge in [-0.1, -0.05) is 151 Å². The number of carbonyl (C=O) groups excluding carboxylic acids is 4. The molecule has 0 spiro atoms. The standard InChI is InChI=1S/2C22H20NO5P.C22H20NO4P.C21H18NO4P/c1-27-17-9-10-20-18(12-17)19(13-28-20)21(29(2,25)26)22(24)23-16-8-7-14-5-3-4-6-15(14)11-16;1-27-17-9-10-18-19(13-28-20(18)12-17)21(29(2,25)26)22(24)23-16-8-7-14-5-3-4-6-15(14)11-16;1-14-7-10-20-18(11-14)19(13-27-20)21(28(2,25)26)22(24)23-17-9-8-15-5-3-4-6-16(15)12-17;1-27(24,25)20(18-13-26-19-9-5-4-8-17(18)19)21(23)22-16-11-10-14-6-2-3-7-15(14)12-16/h2*3-13,21H,1-2H3,(H,23,24)(H,25,26);3-13,21H,1-2H3,(H,23,24)(H,25,26);2-13,20H,1H3,(H,22,23)(H,24,25). The molecule has 8 atom stereocenters. The van der Waals surface area contributed by atoms with Crippen molar-refractivity contribution in [2.45, 2.75) is 29.6 Å². The van der Waals surface area contributed by atoms with Gasteiger partial charge in [-0.25, -0.2) is 0 Å². The summed E-state index contributed by atoms with van der Waals surface area (Å²) in [6.07, 6.45) is 5.52. The van der Waals surface area contributed by atoms with E-state index in [4.69, 9.17) is 27.1 Å². The third kappa shape index (κ3) is 18.2.